The molecule has 1 aromatic heterocycles. The van der Waals surface area contributed by atoms with Crippen LogP contribution < -0.4 is 10.6 Å². The topological polar surface area (TPSA) is 91.8 Å². The minimum atomic E-state index is -0.625. The highest BCUT2D eigenvalue weighted by atomic mass is 35.5. The molecule has 0 saturated carbocycles. The first-order valence-corrected chi connectivity index (χ1v) is 10.1. The van der Waals surface area contributed by atoms with Gasteiger partial charge < -0.3 is 15.2 Å². The maximum Gasteiger partial charge on any atom is 0.251 e. The second-order valence-electron chi connectivity index (χ2n) is 6.57. The van der Waals surface area contributed by atoms with Gasteiger partial charge in [0.25, 0.3) is 5.91 Å². The highest BCUT2D eigenvalue weighted by Crippen LogP contribution is 2.12. The molecule has 3 N–H and O–H groups in total. The number of benzene rings is 1. The van der Waals surface area contributed by atoms with Gasteiger partial charge in [-0.1, -0.05) is 31.9 Å². The summed E-state index contributed by atoms with van der Waals surface area (Å²) in [5, 5.41) is 13.2. The standard InChI is InChI=1S/C19H26ClN5O2S/c1-4-12(3)16(22-17(26)13-6-8-14(20)9-7-13)18(27)21-11-10-15-23-24-19(28)25(15)5-2/h6-9,12,16H,4-5,10-11H2,1-3H3,(H,21,27)(H,22,26)(H,24,28). The number of aromatic nitrogens is 3. The first-order chi connectivity index (χ1) is 13.4. The van der Waals surface area contributed by atoms with Crippen molar-refractivity contribution in [1.82, 2.24) is 25.4 Å². The Morgan fingerprint density at radius 2 is 1.96 bits per heavy atom. The average molecular weight is 424 g/mol. The number of hydrogen-bond acceptors (Lipinski definition) is 4. The van der Waals surface area contributed by atoms with Crippen molar-refractivity contribution < 1.29 is 9.59 Å². The van der Waals surface area contributed by atoms with Crippen LogP contribution in [-0.4, -0.2) is 39.2 Å². The van der Waals surface area contributed by atoms with Gasteiger partial charge >= 0.3 is 0 Å². The van der Waals surface area contributed by atoms with E-state index in [4.69, 9.17) is 23.8 Å². The van der Waals surface area contributed by atoms with Crippen LogP contribution in [0, 0.1) is 10.7 Å². The van der Waals surface area contributed by atoms with E-state index < -0.39 is 6.04 Å². The molecule has 2 rings (SSSR count). The Morgan fingerprint density at radius 3 is 2.57 bits per heavy atom. The second kappa shape index (κ2) is 10.4. The zero-order valence-electron chi connectivity index (χ0n) is 16.3. The molecular formula is C19H26ClN5O2S. The number of nitrogens with one attached hydrogen (secondary N) is 3. The molecule has 0 spiro atoms. The van der Waals surface area contributed by atoms with Gasteiger partial charge in [0.1, 0.15) is 11.9 Å². The fraction of sp³-hybridized carbons (Fsp3) is 0.474. The largest absolute Gasteiger partial charge is 0.354 e. The zero-order valence-corrected chi connectivity index (χ0v) is 17.9. The summed E-state index contributed by atoms with van der Waals surface area (Å²) in [5.74, 6) is 0.261. The van der Waals surface area contributed by atoms with Crippen LogP contribution in [0.15, 0.2) is 24.3 Å². The summed E-state index contributed by atoms with van der Waals surface area (Å²) >= 11 is 11.0. The monoisotopic (exact) mass is 423 g/mol. The number of amides is 2. The van der Waals surface area contributed by atoms with Crippen molar-refractivity contribution in [2.45, 2.75) is 46.2 Å². The maximum absolute atomic E-state index is 12.7. The molecule has 0 aliphatic heterocycles. The number of halogens is 1. The Morgan fingerprint density at radius 1 is 1.29 bits per heavy atom. The quantitative estimate of drug-likeness (QED) is 0.540. The van der Waals surface area contributed by atoms with Gasteiger partial charge in [0.05, 0.1) is 0 Å². The van der Waals surface area contributed by atoms with Crippen molar-refractivity contribution in [2.75, 3.05) is 6.54 Å². The molecule has 0 bridgehead atoms. The summed E-state index contributed by atoms with van der Waals surface area (Å²) in [7, 11) is 0. The van der Waals surface area contributed by atoms with E-state index in [1.54, 1.807) is 24.3 Å². The summed E-state index contributed by atoms with van der Waals surface area (Å²) in [4.78, 5) is 25.2. The molecule has 0 aliphatic carbocycles. The number of rotatable bonds is 9. The van der Waals surface area contributed by atoms with Crippen molar-refractivity contribution in [1.29, 1.82) is 0 Å². The van der Waals surface area contributed by atoms with Gasteiger partial charge in [0.2, 0.25) is 5.91 Å². The number of carbonyl (C=O) groups excluding carboxylic acids is 2. The molecule has 0 aliphatic rings. The molecule has 1 aromatic carbocycles. The van der Waals surface area contributed by atoms with Crippen molar-refractivity contribution in [3.8, 4) is 0 Å². The molecule has 152 valence electrons. The lowest BCUT2D eigenvalue weighted by Crippen LogP contribution is -2.50. The molecule has 7 nitrogen and oxygen atoms in total. The van der Waals surface area contributed by atoms with E-state index >= 15 is 0 Å². The van der Waals surface area contributed by atoms with Gasteiger partial charge in [0, 0.05) is 30.1 Å². The first kappa shape index (κ1) is 22.1. The minimum absolute atomic E-state index is 0.0125. The first-order valence-electron chi connectivity index (χ1n) is 9.35. The zero-order chi connectivity index (χ0) is 20.7. The Bertz CT molecular complexity index is 862. The molecule has 1 heterocycles. The smallest absolute Gasteiger partial charge is 0.251 e. The van der Waals surface area contributed by atoms with E-state index in [1.807, 2.05) is 25.3 Å². The molecule has 9 heteroatoms. The Balaban J connectivity index is 1.99. The third-order valence-electron chi connectivity index (χ3n) is 4.69. The van der Waals surface area contributed by atoms with Gasteiger partial charge in [0.15, 0.2) is 4.77 Å². The highest BCUT2D eigenvalue weighted by Gasteiger charge is 2.26. The van der Waals surface area contributed by atoms with Gasteiger partial charge in [-0.25, -0.2) is 0 Å². The predicted molar refractivity (Wildman–Crippen MR) is 112 cm³/mol. The normalized spacial score (nSPS) is 13.0. The molecule has 2 aromatic rings. The summed E-state index contributed by atoms with van der Waals surface area (Å²) in [5.41, 5.74) is 0.462. The summed E-state index contributed by atoms with van der Waals surface area (Å²) < 4.78 is 2.45. The molecule has 0 saturated heterocycles. The lowest BCUT2D eigenvalue weighted by Gasteiger charge is -2.23. The van der Waals surface area contributed by atoms with Crippen LogP contribution in [0.1, 0.15) is 43.4 Å². The van der Waals surface area contributed by atoms with Crippen LogP contribution >= 0.6 is 23.8 Å². The van der Waals surface area contributed by atoms with Crippen molar-refractivity contribution >= 4 is 35.6 Å². The number of aromatic amines is 1. The van der Waals surface area contributed by atoms with E-state index in [9.17, 15) is 9.59 Å². The highest BCUT2D eigenvalue weighted by molar-refractivity contribution is 7.71. The average Bonchev–Trinajstić information content (AvgIpc) is 3.05. The van der Waals surface area contributed by atoms with Crippen LogP contribution in [0.25, 0.3) is 0 Å². The minimum Gasteiger partial charge on any atom is -0.354 e. The molecule has 2 unspecified atom stereocenters. The molecule has 2 amide bonds. The summed E-state index contributed by atoms with van der Waals surface area (Å²) in [6.45, 7) is 7.03. The maximum atomic E-state index is 12.7. The van der Waals surface area contributed by atoms with E-state index in [0.717, 1.165) is 12.2 Å². The van der Waals surface area contributed by atoms with Crippen LogP contribution in [0.2, 0.25) is 5.02 Å². The number of hydrogen-bond donors (Lipinski definition) is 3. The molecule has 0 radical (unpaired) electrons. The molecule has 2 atom stereocenters. The predicted octanol–water partition coefficient (Wildman–Crippen LogP) is 3.12. The second-order valence-corrected chi connectivity index (χ2v) is 7.40. The van der Waals surface area contributed by atoms with E-state index in [-0.39, 0.29) is 17.7 Å². The third kappa shape index (κ3) is 5.65. The third-order valence-corrected chi connectivity index (χ3v) is 5.25. The fourth-order valence-corrected chi connectivity index (χ4v) is 3.21. The van der Waals surface area contributed by atoms with Crippen LogP contribution in [0.3, 0.4) is 0 Å². The van der Waals surface area contributed by atoms with Crippen molar-refractivity contribution in [2.24, 2.45) is 5.92 Å². The Hall–Kier alpha value is -2.19. The molecular weight excluding hydrogens is 398 g/mol. The van der Waals surface area contributed by atoms with Crippen LogP contribution in [0.4, 0.5) is 0 Å². The van der Waals surface area contributed by atoms with E-state index in [0.29, 0.717) is 34.9 Å². The lowest BCUT2D eigenvalue weighted by atomic mass is 9.97. The van der Waals surface area contributed by atoms with Crippen LogP contribution in [-0.2, 0) is 17.8 Å². The van der Waals surface area contributed by atoms with Gasteiger partial charge in [-0.3, -0.25) is 14.7 Å². The van der Waals surface area contributed by atoms with Crippen LogP contribution in [0.5, 0.6) is 0 Å². The summed E-state index contributed by atoms with van der Waals surface area (Å²) in [6.07, 6.45) is 1.30. The van der Waals surface area contributed by atoms with E-state index in [2.05, 4.69) is 20.8 Å². The van der Waals surface area contributed by atoms with Gasteiger partial charge in [-0.05, 0) is 49.3 Å². The fourth-order valence-electron chi connectivity index (χ4n) is 2.80. The van der Waals surface area contributed by atoms with Gasteiger partial charge in [-0.2, -0.15) is 5.10 Å². The SMILES string of the molecule is CCC(C)C(NC(=O)c1ccc(Cl)cc1)C(=O)NCCc1n[nH]c(=S)n1CC. The van der Waals surface area contributed by atoms with E-state index in [1.165, 1.54) is 0 Å². The lowest BCUT2D eigenvalue weighted by molar-refractivity contribution is -0.124. The number of carbonyl (C=O) groups is 2. The number of H-pyrrole nitrogens is 1. The number of nitrogens with zero attached hydrogens (tertiary/aromatic N) is 2. The van der Waals surface area contributed by atoms with Crippen molar-refractivity contribution in [3.63, 3.8) is 0 Å². The molecule has 0 fully saturated rings. The molecule has 28 heavy (non-hydrogen) atoms. The Kier molecular flexibility index (Phi) is 8.19. The van der Waals surface area contributed by atoms with Gasteiger partial charge in [-0.15, -0.1) is 0 Å². The summed E-state index contributed by atoms with van der Waals surface area (Å²) in [6, 6.07) is 5.94. The Labute approximate surface area is 174 Å². The van der Waals surface area contributed by atoms with Crippen molar-refractivity contribution in [3.05, 3.63) is 45.4 Å².